The van der Waals surface area contributed by atoms with Gasteiger partial charge in [0, 0.05) is 23.3 Å². The third-order valence-corrected chi connectivity index (χ3v) is 6.55. The average Bonchev–Trinajstić information content (AvgIpc) is 2.85. The minimum absolute atomic E-state index is 0.0380. The van der Waals surface area contributed by atoms with Gasteiger partial charge in [-0.05, 0) is 73.2 Å². The number of aliphatic carboxylic acids is 1. The van der Waals surface area contributed by atoms with Crippen LogP contribution in [-0.4, -0.2) is 41.4 Å². The SMILES string of the molecule is O=C(O)CCCN1CCC(C2c3ccccc3CCc3ccc(Cl)cc32)C(=O)C1. The van der Waals surface area contributed by atoms with Gasteiger partial charge >= 0.3 is 5.97 Å². The molecule has 0 saturated carbocycles. The summed E-state index contributed by atoms with van der Waals surface area (Å²) in [4.78, 5) is 26.1. The van der Waals surface area contributed by atoms with Crippen LogP contribution in [0.1, 0.15) is 47.4 Å². The van der Waals surface area contributed by atoms with Crippen LogP contribution in [0.15, 0.2) is 42.5 Å². The number of halogens is 1. The first-order chi connectivity index (χ1) is 14.0. The maximum Gasteiger partial charge on any atom is 0.303 e. The van der Waals surface area contributed by atoms with E-state index in [2.05, 4.69) is 41.3 Å². The summed E-state index contributed by atoms with van der Waals surface area (Å²) >= 11 is 6.36. The fourth-order valence-electron chi connectivity index (χ4n) is 4.92. The monoisotopic (exact) mass is 411 g/mol. The number of piperidine rings is 1. The predicted molar refractivity (Wildman–Crippen MR) is 114 cm³/mol. The van der Waals surface area contributed by atoms with Crippen LogP contribution in [0.3, 0.4) is 0 Å². The molecule has 0 bridgehead atoms. The fraction of sp³-hybridized carbons (Fsp3) is 0.417. The molecule has 1 heterocycles. The summed E-state index contributed by atoms with van der Waals surface area (Å²) in [5, 5.41) is 9.56. The van der Waals surface area contributed by atoms with Crippen LogP contribution in [0.4, 0.5) is 0 Å². The lowest BCUT2D eigenvalue weighted by molar-refractivity contribution is -0.137. The molecule has 0 amide bonds. The second-order valence-corrected chi connectivity index (χ2v) is 8.59. The molecule has 1 aliphatic heterocycles. The molecule has 4 nitrogen and oxygen atoms in total. The Kier molecular flexibility index (Phi) is 6.02. The molecule has 0 radical (unpaired) electrons. The number of carbonyl (C=O) groups is 2. The topological polar surface area (TPSA) is 57.6 Å². The number of carboxylic acid groups (broad SMARTS) is 1. The van der Waals surface area contributed by atoms with E-state index in [0.717, 1.165) is 25.8 Å². The Hall–Kier alpha value is -2.17. The number of rotatable bonds is 5. The molecule has 29 heavy (non-hydrogen) atoms. The molecule has 152 valence electrons. The van der Waals surface area contributed by atoms with E-state index in [4.69, 9.17) is 16.7 Å². The minimum atomic E-state index is -0.783. The number of Topliss-reactive ketones (excluding diaryl/α,β-unsaturated/α-hetero) is 1. The molecule has 2 aromatic rings. The summed E-state index contributed by atoms with van der Waals surface area (Å²) in [6, 6.07) is 14.6. The Morgan fingerprint density at radius 2 is 1.86 bits per heavy atom. The highest BCUT2D eigenvalue weighted by Crippen LogP contribution is 2.42. The van der Waals surface area contributed by atoms with Crippen LogP contribution < -0.4 is 0 Å². The van der Waals surface area contributed by atoms with Crippen molar-refractivity contribution < 1.29 is 14.7 Å². The Bertz CT molecular complexity index is 926. The number of aryl methyl sites for hydroxylation is 2. The van der Waals surface area contributed by atoms with Crippen LogP contribution in [0, 0.1) is 5.92 Å². The normalized spacial score (nSPS) is 21.9. The van der Waals surface area contributed by atoms with E-state index >= 15 is 0 Å². The van der Waals surface area contributed by atoms with Crippen molar-refractivity contribution in [1.82, 2.24) is 4.90 Å². The number of hydrogen-bond acceptors (Lipinski definition) is 3. The van der Waals surface area contributed by atoms with Crippen molar-refractivity contribution in [3.8, 4) is 0 Å². The minimum Gasteiger partial charge on any atom is -0.481 e. The van der Waals surface area contributed by atoms with Crippen molar-refractivity contribution >= 4 is 23.4 Å². The first-order valence-corrected chi connectivity index (χ1v) is 10.7. The Labute approximate surface area is 176 Å². The number of nitrogens with zero attached hydrogens (tertiary/aromatic N) is 1. The Morgan fingerprint density at radius 3 is 2.62 bits per heavy atom. The predicted octanol–water partition coefficient (Wildman–Crippen LogP) is 4.33. The molecule has 0 spiro atoms. The first-order valence-electron chi connectivity index (χ1n) is 10.4. The van der Waals surface area contributed by atoms with Gasteiger partial charge in [0.15, 0.2) is 5.78 Å². The van der Waals surface area contributed by atoms with Gasteiger partial charge in [-0.15, -0.1) is 0 Å². The largest absolute Gasteiger partial charge is 0.481 e. The van der Waals surface area contributed by atoms with Gasteiger partial charge in [-0.3, -0.25) is 14.5 Å². The molecule has 1 saturated heterocycles. The molecule has 1 N–H and O–H groups in total. The summed E-state index contributed by atoms with van der Waals surface area (Å²) in [6.07, 6.45) is 3.45. The van der Waals surface area contributed by atoms with Gasteiger partial charge in [-0.2, -0.15) is 0 Å². The molecular weight excluding hydrogens is 386 g/mol. The van der Waals surface area contributed by atoms with Crippen molar-refractivity contribution in [2.75, 3.05) is 19.6 Å². The molecule has 2 atom stereocenters. The number of fused-ring (bicyclic) bond motifs is 2. The molecule has 1 fully saturated rings. The highest BCUT2D eigenvalue weighted by atomic mass is 35.5. The lowest BCUT2D eigenvalue weighted by Crippen LogP contribution is -2.43. The van der Waals surface area contributed by atoms with E-state index in [1.165, 1.54) is 22.3 Å². The van der Waals surface area contributed by atoms with Gasteiger partial charge in [-0.1, -0.05) is 41.9 Å². The van der Waals surface area contributed by atoms with Crippen LogP contribution >= 0.6 is 11.6 Å². The Balaban J connectivity index is 1.62. The summed E-state index contributed by atoms with van der Waals surface area (Å²) < 4.78 is 0. The van der Waals surface area contributed by atoms with Crippen LogP contribution in [-0.2, 0) is 22.4 Å². The number of carbonyl (C=O) groups excluding carboxylic acids is 1. The number of carboxylic acids is 1. The van der Waals surface area contributed by atoms with Crippen LogP contribution in [0.2, 0.25) is 5.02 Å². The molecule has 0 aromatic heterocycles. The van der Waals surface area contributed by atoms with E-state index in [9.17, 15) is 9.59 Å². The second-order valence-electron chi connectivity index (χ2n) is 8.15. The molecule has 4 rings (SSSR count). The van der Waals surface area contributed by atoms with E-state index in [0.29, 0.717) is 24.5 Å². The fourth-order valence-corrected chi connectivity index (χ4v) is 5.10. The summed E-state index contributed by atoms with van der Waals surface area (Å²) in [5.41, 5.74) is 5.06. The molecule has 5 heteroatoms. The summed E-state index contributed by atoms with van der Waals surface area (Å²) in [6.45, 7) is 1.89. The molecule has 1 aliphatic carbocycles. The van der Waals surface area contributed by atoms with Gasteiger partial charge in [0.1, 0.15) is 0 Å². The second kappa shape index (κ2) is 8.68. The van der Waals surface area contributed by atoms with Gasteiger partial charge in [0.05, 0.1) is 6.54 Å². The van der Waals surface area contributed by atoms with Gasteiger partial charge in [-0.25, -0.2) is 0 Å². The van der Waals surface area contributed by atoms with Crippen molar-refractivity contribution in [1.29, 1.82) is 0 Å². The number of benzene rings is 2. The number of ketones is 1. The first kappa shape index (κ1) is 20.1. The zero-order valence-corrected chi connectivity index (χ0v) is 17.2. The zero-order chi connectivity index (χ0) is 20.4. The Morgan fingerprint density at radius 1 is 1.10 bits per heavy atom. The summed E-state index contributed by atoms with van der Waals surface area (Å²) in [7, 11) is 0. The maximum atomic E-state index is 13.2. The molecular formula is C24H26ClNO3. The van der Waals surface area contributed by atoms with Crippen molar-refractivity contribution in [2.24, 2.45) is 5.92 Å². The summed E-state index contributed by atoms with van der Waals surface area (Å²) in [5.74, 6) is -0.563. The van der Waals surface area contributed by atoms with E-state index in [1.54, 1.807) is 0 Å². The molecule has 2 aromatic carbocycles. The van der Waals surface area contributed by atoms with Crippen LogP contribution in [0.5, 0.6) is 0 Å². The highest BCUT2D eigenvalue weighted by molar-refractivity contribution is 6.30. The number of hydrogen-bond donors (Lipinski definition) is 1. The highest BCUT2D eigenvalue weighted by Gasteiger charge is 2.37. The number of likely N-dealkylation sites (tertiary alicyclic amines) is 1. The van der Waals surface area contributed by atoms with E-state index in [1.807, 2.05) is 6.07 Å². The van der Waals surface area contributed by atoms with Gasteiger partial charge < -0.3 is 5.11 Å². The van der Waals surface area contributed by atoms with E-state index in [-0.39, 0.29) is 24.0 Å². The van der Waals surface area contributed by atoms with Crippen molar-refractivity contribution in [3.05, 3.63) is 69.7 Å². The average molecular weight is 412 g/mol. The van der Waals surface area contributed by atoms with Crippen LogP contribution in [0.25, 0.3) is 0 Å². The lowest BCUT2D eigenvalue weighted by atomic mass is 9.74. The quantitative estimate of drug-likeness (QED) is 0.795. The van der Waals surface area contributed by atoms with Gasteiger partial charge in [0.25, 0.3) is 0 Å². The van der Waals surface area contributed by atoms with E-state index < -0.39 is 5.97 Å². The van der Waals surface area contributed by atoms with Gasteiger partial charge in [0.2, 0.25) is 0 Å². The van der Waals surface area contributed by atoms with Crippen molar-refractivity contribution in [2.45, 2.75) is 38.0 Å². The smallest absolute Gasteiger partial charge is 0.303 e. The maximum absolute atomic E-state index is 13.2. The van der Waals surface area contributed by atoms with Crippen molar-refractivity contribution in [3.63, 3.8) is 0 Å². The standard InChI is InChI=1S/C24H26ClNO3/c25-18-10-9-17-8-7-16-4-1-2-5-19(16)24(21(17)14-18)20-11-13-26(15-22(20)27)12-3-6-23(28)29/h1-2,4-5,9-10,14,20,24H,3,6-8,11-13,15H2,(H,28,29). The zero-order valence-electron chi connectivity index (χ0n) is 16.4. The molecule has 2 aliphatic rings. The third-order valence-electron chi connectivity index (χ3n) is 6.31. The lowest BCUT2D eigenvalue weighted by Gasteiger charge is -2.36. The third kappa shape index (κ3) is 4.39. The molecule has 2 unspecified atom stereocenters.